The Balaban J connectivity index is 2.18. The molecule has 0 saturated heterocycles. The Labute approximate surface area is 114 Å². The Bertz CT molecular complexity index is 625. The summed E-state index contributed by atoms with van der Waals surface area (Å²) >= 11 is 6.06. The first kappa shape index (κ1) is 13.5. The SMILES string of the molecule is Cc1nn(C)c(Cl)c1COc1cc(F)cc(C=O)c1. The molecule has 0 aliphatic heterocycles. The number of aromatic nitrogens is 2. The lowest BCUT2D eigenvalue weighted by molar-refractivity contribution is 0.112. The molecule has 0 radical (unpaired) electrons. The van der Waals surface area contributed by atoms with E-state index in [0.29, 0.717) is 11.4 Å². The van der Waals surface area contributed by atoms with E-state index in [9.17, 15) is 9.18 Å². The number of nitrogens with zero attached hydrogens (tertiary/aromatic N) is 2. The maximum atomic E-state index is 13.2. The molecule has 6 heteroatoms. The minimum absolute atomic E-state index is 0.167. The molecule has 0 atom stereocenters. The van der Waals surface area contributed by atoms with Gasteiger partial charge in [-0.25, -0.2) is 4.39 Å². The first-order valence-electron chi connectivity index (χ1n) is 5.58. The van der Waals surface area contributed by atoms with Crippen LogP contribution in [0, 0.1) is 12.7 Å². The molecular formula is C13H12ClFN2O2. The van der Waals surface area contributed by atoms with Gasteiger partial charge in [0.05, 0.1) is 5.69 Å². The maximum Gasteiger partial charge on any atom is 0.150 e. The van der Waals surface area contributed by atoms with Gasteiger partial charge in [0.1, 0.15) is 29.6 Å². The number of halogens is 2. The zero-order chi connectivity index (χ0) is 14.0. The van der Waals surface area contributed by atoms with Crippen LogP contribution >= 0.6 is 11.6 Å². The summed E-state index contributed by atoms with van der Waals surface area (Å²) < 4.78 is 20.2. The summed E-state index contributed by atoms with van der Waals surface area (Å²) in [6, 6.07) is 3.82. The van der Waals surface area contributed by atoms with Crippen molar-refractivity contribution in [2.45, 2.75) is 13.5 Å². The van der Waals surface area contributed by atoms with Crippen molar-refractivity contribution in [2.24, 2.45) is 7.05 Å². The molecule has 0 bridgehead atoms. The largest absolute Gasteiger partial charge is 0.489 e. The van der Waals surface area contributed by atoms with Gasteiger partial charge in [-0.15, -0.1) is 0 Å². The number of aldehydes is 1. The fourth-order valence-corrected chi connectivity index (χ4v) is 1.96. The van der Waals surface area contributed by atoms with Crippen LogP contribution in [0.3, 0.4) is 0 Å². The van der Waals surface area contributed by atoms with Crippen LogP contribution in [-0.4, -0.2) is 16.1 Å². The monoisotopic (exact) mass is 282 g/mol. The van der Waals surface area contributed by atoms with E-state index in [1.54, 1.807) is 7.05 Å². The maximum absolute atomic E-state index is 13.2. The van der Waals surface area contributed by atoms with Gasteiger partial charge < -0.3 is 4.74 Å². The van der Waals surface area contributed by atoms with Gasteiger partial charge in [-0.3, -0.25) is 9.48 Å². The third kappa shape index (κ3) is 2.93. The number of carbonyl (C=O) groups is 1. The summed E-state index contributed by atoms with van der Waals surface area (Å²) in [5.41, 5.74) is 1.71. The van der Waals surface area contributed by atoms with Crippen LogP contribution in [-0.2, 0) is 13.7 Å². The molecule has 4 nitrogen and oxygen atoms in total. The molecule has 19 heavy (non-hydrogen) atoms. The molecule has 100 valence electrons. The van der Waals surface area contributed by atoms with E-state index >= 15 is 0 Å². The number of ether oxygens (including phenoxy) is 1. The van der Waals surface area contributed by atoms with Gasteiger partial charge >= 0.3 is 0 Å². The minimum atomic E-state index is -0.520. The molecule has 0 fully saturated rings. The highest BCUT2D eigenvalue weighted by atomic mass is 35.5. The van der Waals surface area contributed by atoms with Gasteiger partial charge in [0, 0.05) is 24.2 Å². The van der Waals surface area contributed by atoms with Crippen LogP contribution in [0.5, 0.6) is 5.75 Å². The zero-order valence-electron chi connectivity index (χ0n) is 10.5. The van der Waals surface area contributed by atoms with Gasteiger partial charge in [0.25, 0.3) is 0 Å². The number of rotatable bonds is 4. The van der Waals surface area contributed by atoms with Crippen LogP contribution in [0.15, 0.2) is 18.2 Å². The van der Waals surface area contributed by atoms with E-state index in [2.05, 4.69) is 5.10 Å². The Hall–Kier alpha value is -1.88. The van der Waals surface area contributed by atoms with Crippen molar-refractivity contribution >= 4 is 17.9 Å². The number of aryl methyl sites for hydroxylation is 2. The third-order valence-corrected chi connectivity index (χ3v) is 3.16. The fraction of sp³-hybridized carbons (Fsp3) is 0.231. The van der Waals surface area contributed by atoms with Crippen molar-refractivity contribution in [3.05, 3.63) is 46.0 Å². The molecule has 0 amide bonds. The highest BCUT2D eigenvalue weighted by Crippen LogP contribution is 2.22. The summed E-state index contributed by atoms with van der Waals surface area (Å²) in [5, 5.41) is 4.63. The quantitative estimate of drug-likeness (QED) is 0.810. The van der Waals surface area contributed by atoms with Gasteiger partial charge in [0.2, 0.25) is 0 Å². The molecule has 0 aliphatic carbocycles. The van der Waals surface area contributed by atoms with Crippen molar-refractivity contribution < 1.29 is 13.9 Å². The van der Waals surface area contributed by atoms with E-state index < -0.39 is 5.82 Å². The number of hydrogen-bond acceptors (Lipinski definition) is 3. The highest BCUT2D eigenvalue weighted by Gasteiger charge is 2.12. The summed E-state index contributed by atoms with van der Waals surface area (Å²) in [6.45, 7) is 1.98. The Kier molecular flexibility index (Phi) is 3.85. The third-order valence-electron chi connectivity index (χ3n) is 2.68. The summed E-state index contributed by atoms with van der Waals surface area (Å²) in [7, 11) is 1.73. The predicted molar refractivity (Wildman–Crippen MR) is 69.1 cm³/mol. The molecule has 2 rings (SSSR count). The minimum Gasteiger partial charge on any atom is -0.489 e. The molecule has 2 aromatic rings. The molecule has 0 N–H and O–H groups in total. The second kappa shape index (κ2) is 5.40. The lowest BCUT2D eigenvalue weighted by atomic mass is 10.2. The van der Waals surface area contributed by atoms with Crippen LogP contribution in [0.4, 0.5) is 4.39 Å². The first-order valence-corrected chi connectivity index (χ1v) is 5.95. The molecule has 1 aromatic carbocycles. The second-order valence-corrected chi connectivity index (χ2v) is 4.46. The van der Waals surface area contributed by atoms with Crippen LogP contribution in [0.25, 0.3) is 0 Å². The Morgan fingerprint density at radius 2 is 2.21 bits per heavy atom. The number of carbonyl (C=O) groups excluding carboxylic acids is 1. The first-order chi connectivity index (χ1) is 9.01. The standard InChI is InChI=1S/C13H12ClFN2O2/c1-8-12(13(14)17(2)16-8)7-19-11-4-9(6-18)3-10(15)5-11/h3-6H,7H2,1-2H3. The molecule has 1 heterocycles. The second-order valence-electron chi connectivity index (χ2n) is 4.11. The zero-order valence-corrected chi connectivity index (χ0v) is 11.2. The van der Waals surface area contributed by atoms with E-state index in [0.717, 1.165) is 17.3 Å². The van der Waals surface area contributed by atoms with Crippen molar-refractivity contribution in [1.29, 1.82) is 0 Å². The van der Waals surface area contributed by atoms with Gasteiger partial charge in [-0.05, 0) is 19.1 Å². The Morgan fingerprint density at radius 1 is 1.47 bits per heavy atom. The predicted octanol–water partition coefficient (Wildman–Crippen LogP) is 2.91. The molecule has 0 aliphatic rings. The summed E-state index contributed by atoms with van der Waals surface area (Å²) in [4.78, 5) is 10.6. The molecule has 0 spiro atoms. The van der Waals surface area contributed by atoms with Crippen LogP contribution in [0.2, 0.25) is 5.15 Å². The number of hydrogen-bond donors (Lipinski definition) is 0. The summed E-state index contributed by atoms with van der Waals surface area (Å²) in [6.07, 6.45) is 0.568. The van der Waals surface area contributed by atoms with Crippen molar-refractivity contribution in [3.8, 4) is 5.75 Å². The molecule has 0 unspecified atom stereocenters. The van der Waals surface area contributed by atoms with Crippen molar-refractivity contribution in [3.63, 3.8) is 0 Å². The average molecular weight is 283 g/mol. The van der Waals surface area contributed by atoms with Crippen LogP contribution in [0.1, 0.15) is 21.6 Å². The lowest BCUT2D eigenvalue weighted by Crippen LogP contribution is -1.98. The smallest absolute Gasteiger partial charge is 0.150 e. The van der Waals surface area contributed by atoms with Gasteiger partial charge in [0.15, 0.2) is 0 Å². The van der Waals surface area contributed by atoms with E-state index in [-0.39, 0.29) is 17.9 Å². The summed E-state index contributed by atoms with van der Waals surface area (Å²) in [5.74, 6) is -0.241. The van der Waals surface area contributed by atoms with Crippen LogP contribution < -0.4 is 4.74 Å². The van der Waals surface area contributed by atoms with Gasteiger partial charge in [-0.1, -0.05) is 11.6 Å². The Morgan fingerprint density at radius 3 is 2.79 bits per heavy atom. The lowest BCUT2D eigenvalue weighted by Gasteiger charge is -2.07. The van der Waals surface area contributed by atoms with E-state index in [4.69, 9.17) is 16.3 Å². The molecular weight excluding hydrogens is 271 g/mol. The fourth-order valence-electron chi connectivity index (χ4n) is 1.73. The van der Waals surface area contributed by atoms with Crippen molar-refractivity contribution in [1.82, 2.24) is 9.78 Å². The molecule has 1 aromatic heterocycles. The van der Waals surface area contributed by atoms with E-state index in [1.807, 2.05) is 6.92 Å². The van der Waals surface area contributed by atoms with Crippen molar-refractivity contribution in [2.75, 3.05) is 0 Å². The normalized spacial score (nSPS) is 10.5. The highest BCUT2D eigenvalue weighted by molar-refractivity contribution is 6.30. The van der Waals surface area contributed by atoms with E-state index in [1.165, 1.54) is 16.8 Å². The average Bonchev–Trinajstić information content (AvgIpc) is 2.60. The number of benzene rings is 1. The van der Waals surface area contributed by atoms with Gasteiger partial charge in [-0.2, -0.15) is 5.10 Å². The topological polar surface area (TPSA) is 44.1 Å². The molecule has 0 saturated carbocycles.